The van der Waals surface area contributed by atoms with Crippen LogP contribution in [-0.2, 0) is 6.61 Å². The molecule has 1 atom stereocenters. The van der Waals surface area contributed by atoms with E-state index >= 15 is 0 Å². The van der Waals surface area contributed by atoms with Crippen molar-refractivity contribution in [2.24, 2.45) is 0 Å². The van der Waals surface area contributed by atoms with E-state index in [0.717, 1.165) is 17.7 Å². The van der Waals surface area contributed by atoms with Crippen LogP contribution in [0.1, 0.15) is 25.8 Å². The van der Waals surface area contributed by atoms with Gasteiger partial charge in [0.25, 0.3) is 0 Å². The molecule has 0 aliphatic rings. The zero-order chi connectivity index (χ0) is 13.4. The Morgan fingerprint density at radius 3 is 2.33 bits per heavy atom. The van der Waals surface area contributed by atoms with Gasteiger partial charge in [-0.25, -0.2) is 0 Å². The summed E-state index contributed by atoms with van der Waals surface area (Å²) < 4.78 is 5.59. The van der Waals surface area contributed by atoms with Crippen molar-refractivity contribution in [3.63, 3.8) is 0 Å². The SMILES string of the molecule is CC(C)NC(CO)CCOc1ccc(CO)cc1. The molecule has 18 heavy (non-hydrogen) atoms. The van der Waals surface area contributed by atoms with E-state index in [1.807, 2.05) is 24.3 Å². The average Bonchev–Trinajstić information content (AvgIpc) is 2.38. The normalized spacial score (nSPS) is 12.7. The molecule has 0 heterocycles. The highest BCUT2D eigenvalue weighted by atomic mass is 16.5. The fraction of sp³-hybridized carbons (Fsp3) is 0.571. The zero-order valence-corrected chi connectivity index (χ0v) is 11.1. The van der Waals surface area contributed by atoms with Gasteiger partial charge in [0.15, 0.2) is 0 Å². The second kappa shape index (κ2) is 8.08. The number of ether oxygens (including phenoxy) is 1. The quantitative estimate of drug-likeness (QED) is 0.653. The third-order valence-corrected chi connectivity index (χ3v) is 2.63. The summed E-state index contributed by atoms with van der Waals surface area (Å²) in [7, 11) is 0. The lowest BCUT2D eigenvalue weighted by Gasteiger charge is -2.19. The van der Waals surface area contributed by atoms with Gasteiger partial charge in [0.2, 0.25) is 0 Å². The van der Waals surface area contributed by atoms with Crippen LogP contribution < -0.4 is 10.1 Å². The first-order valence-electron chi connectivity index (χ1n) is 6.35. The van der Waals surface area contributed by atoms with Crippen LogP contribution in [0.5, 0.6) is 5.75 Å². The second-order valence-corrected chi connectivity index (χ2v) is 4.64. The molecule has 0 fully saturated rings. The lowest BCUT2D eigenvalue weighted by molar-refractivity contribution is 0.202. The topological polar surface area (TPSA) is 61.7 Å². The maximum Gasteiger partial charge on any atom is 0.119 e. The van der Waals surface area contributed by atoms with Crippen molar-refractivity contribution < 1.29 is 14.9 Å². The zero-order valence-electron chi connectivity index (χ0n) is 11.1. The molecule has 102 valence electrons. The van der Waals surface area contributed by atoms with E-state index in [9.17, 15) is 5.11 Å². The summed E-state index contributed by atoms with van der Waals surface area (Å²) in [4.78, 5) is 0. The fourth-order valence-corrected chi connectivity index (χ4v) is 1.71. The van der Waals surface area contributed by atoms with Gasteiger partial charge in [0.1, 0.15) is 5.75 Å². The van der Waals surface area contributed by atoms with Gasteiger partial charge in [-0.15, -0.1) is 0 Å². The summed E-state index contributed by atoms with van der Waals surface area (Å²) in [6.45, 7) is 4.83. The molecule has 0 aromatic heterocycles. The smallest absolute Gasteiger partial charge is 0.119 e. The van der Waals surface area contributed by atoms with Crippen molar-refractivity contribution in [2.75, 3.05) is 13.2 Å². The van der Waals surface area contributed by atoms with Gasteiger partial charge >= 0.3 is 0 Å². The Balaban J connectivity index is 2.31. The summed E-state index contributed by atoms with van der Waals surface area (Å²) in [5.74, 6) is 0.786. The predicted molar refractivity (Wildman–Crippen MR) is 71.6 cm³/mol. The highest BCUT2D eigenvalue weighted by molar-refractivity contribution is 5.26. The first kappa shape index (κ1) is 15.0. The largest absolute Gasteiger partial charge is 0.494 e. The first-order chi connectivity index (χ1) is 8.65. The lowest BCUT2D eigenvalue weighted by Crippen LogP contribution is -2.38. The molecule has 1 aromatic carbocycles. The molecule has 1 aromatic rings. The van der Waals surface area contributed by atoms with Gasteiger partial charge < -0.3 is 20.3 Å². The van der Waals surface area contributed by atoms with Gasteiger partial charge in [-0.2, -0.15) is 0 Å². The molecule has 0 aliphatic heterocycles. The molecule has 0 saturated heterocycles. The summed E-state index contributed by atoms with van der Waals surface area (Å²) in [6.07, 6.45) is 0.760. The molecule has 3 N–H and O–H groups in total. The fourth-order valence-electron chi connectivity index (χ4n) is 1.71. The van der Waals surface area contributed by atoms with Crippen molar-refractivity contribution in [3.8, 4) is 5.75 Å². The minimum atomic E-state index is 0.0468. The van der Waals surface area contributed by atoms with E-state index in [4.69, 9.17) is 9.84 Å². The minimum Gasteiger partial charge on any atom is -0.494 e. The number of benzene rings is 1. The highest BCUT2D eigenvalue weighted by Crippen LogP contribution is 2.12. The van der Waals surface area contributed by atoms with Crippen LogP contribution in [0.2, 0.25) is 0 Å². The highest BCUT2D eigenvalue weighted by Gasteiger charge is 2.08. The number of hydrogen-bond acceptors (Lipinski definition) is 4. The molecule has 0 saturated carbocycles. The number of rotatable bonds is 8. The van der Waals surface area contributed by atoms with Crippen LogP contribution in [0.15, 0.2) is 24.3 Å². The van der Waals surface area contributed by atoms with E-state index in [0.29, 0.717) is 12.6 Å². The summed E-state index contributed by atoms with van der Waals surface area (Å²) in [6, 6.07) is 7.79. The maximum absolute atomic E-state index is 9.19. The van der Waals surface area contributed by atoms with E-state index in [-0.39, 0.29) is 19.3 Å². The van der Waals surface area contributed by atoms with Crippen molar-refractivity contribution in [2.45, 2.75) is 39.0 Å². The Morgan fingerprint density at radius 1 is 1.17 bits per heavy atom. The molecular formula is C14H23NO3. The van der Waals surface area contributed by atoms with Crippen LogP contribution in [0, 0.1) is 0 Å². The Hall–Kier alpha value is -1.10. The Labute approximate surface area is 109 Å². The van der Waals surface area contributed by atoms with E-state index in [1.54, 1.807) is 0 Å². The molecular weight excluding hydrogens is 230 g/mol. The lowest BCUT2D eigenvalue weighted by atomic mass is 10.2. The van der Waals surface area contributed by atoms with Crippen molar-refractivity contribution in [1.29, 1.82) is 0 Å². The van der Waals surface area contributed by atoms with Crippen molar-refractivity contribution >= 4 is 0 Å². The molecule has 4 nitrogen and oxygen atoms in total. The van der Waals surface area contributed by atoms with Crippen molar-refractivity contribution in [1.82, 2.24) is 5.32 Å². The van der Waals surface area contributed by atoms with Crippen LogP contribution in [-0.4, -0.2) is 35.5 Å². The monoisotopic (exact) mass is 253 g/mol. The van der Waals surface area contributed by atoms with E-state index in [1.165, 1.54) is 0 Å². The molecule has 4 heteroatoms. The third-order valence-electron chi connectivity index (χ3n) is 2.63. The van der Waals surface area contributed by atoms with E-state index in [2.05, 4.69) is 19.2 Å². The average molecular weight is 253 g/mol. The van der Waals surface area contributed by atoms with Gasteiger partial charge in [-0.3, -0.25) is 0 Å². The predicted octanol–water partition coefficient (Wildman–Crippen LogP) is 1.31. The summed E-state index contributed by atoms with van der Waals surface area (Å²) in [5.41, 5.74) is 0.872. The van der Waals surface area contributed by atoms with Gasteiger partial charge in [0, 0.05) is 12.1 Å². The van der Waals surface area contributed by atoms with Gasteiger partial charge in [0.05, 0.1) is 19.8 Å². The van der Waals surface area contributed by atoms with Crippen LogP contribution in [0.3, 0.4) is 0 Å². The van der Waals surface area contributed by atoms with E-state index < -0.39 is 0 Å². The molecule has 0 spiro atoms. The van der Waals surface area contributed by atoms with Crippen LogP contribution >= 0.6 is 0 Å². The molecule has 0 amide bonds. The minimum absolute atomic E-state index is 0.0468. The summed E-state index contributed by atoms with van der Waals surface area (Å²) >= 11 is 0. The Kier molecular flexibility index (Phi) is 6.72. The molecule has 0 aliphatic carbocycles. The van der Waals surface area contributed by atoms with Gasteiger partial charge in [-0.1, -0.05) is 26.0 Å². The maximum atomic E-state index is 9.19. The van der Waals surface area contributed by atoms with Crippen molar-refractivity contribution in [3.05, 3.63) is 29.8 Å². The molecule has 0 radical (unpaired) electrons. The van der Waals surface area contributed by atoms with Crippen LogP contribution in [0.4, 0.5) is 0 Å². The third kappa shape index (κ3) is 5.49. The number of nitrogens with one attached hydrogen (secondary N) is 1. The molecule has 0 bridgehead atoms. The van der Waals surface area contributed by atoms with Gasteiger partial charge in [-0.05, 0) is 24.1 Å². The Morgan fingerprint density at radius 2 is 1.83 bits per heavy atom. The van der Waals surface area contributed by atoms with Crippen LogP contribution in [0.25, 0.3) is 0 Å². The molecule has 1 rings (SSSR count). The molecule has 1 unspecified atom stereocenters. The second-order valence-electron chi connectivity index (χ2n) is 4.64. The number of aliphatic hydroxyl groups is 2. The number of aliphatic hydroxyl groups excluding tert-OH is 2. The number of hydrogen-bond donors (Lipinski definition) is 3. The Bertz CT molecular complexity index is 324. The summed E-state index contributed by atoms with van der Waals surface area (Å²) in [5, 5.41) is 21.4. The first-order valence-corrected chi connectivity index (χ1v) is 6.35. The standard InChI is InChI=1S/C14H23NO3/c1-11(2)15-13(10-17)7-8-18-14-5-3-12(9-16)4-6-14/h3-6,11,13,15-17H,7-10H2,1-2H3.